The Hall–Kier alpha value is -2.34. The maximum Gasteiger partial charge on any atom is 0.325 e. The number of nitrogens with one attached hydrogen (secondary N) is 3. The quantitative estimate of drug-likeness (QED) is 0.793. The summed E-state index contributed by atoms with van der Waals surface area (Å²) in [5, 5.41) is 3.23. The molecule has 1 amide bonds. The fraction of sp³-hybridized carbons (Fsp3) is 0.154. The van der Waals surface area contributed by atoms with Crippen LogP contribution in [0, 0.1) is 6.92 Å². The Kier molecular flexibility index (Phi) is 4.05. The van der Waals surface area contributed by atoms with E-state index in [0.29, 0.717) is 10.7 Å². The number of carbonyl (C=O) groups excluding carboxylic acids is 1. The van der Waals surface area contributed by atoms with Crippen molar-refractivity contribution in [1.82, 2.24) is 9.97 Å². The number of aromatic nitrogens is 2. The van der Waals surface area contributed by atoms with Gasteiger partial charge in [0.2, 0.25) is 5.91 Å². The van der Waals surface area contributed by atoms with Crippen LogP contribution in [0.4, 0.5) is 5.69 Å². The number of anilines is 1. The molecule has 0 atom stereocenters. The molecule has 1 aromatic heterocycles. The van der Waals surface area contributed by atoms with Crippen LogP contribution in [0.15, 0.2) is 33.9 Å². The molecule has 0 aliphatic carbocycles. The maximum atomic E-state index is 11.9. The van der Waals surface area contributed by atoms with Crippen LogP contribution < -0.4 is 16.6 Å². The number of hydrogen-bond acceptors (Lipinski definition) is 3. The highest BCUT2D eigenvalue weighted by Crippen LogP contribution is 2.22. The molecule has 2 aromatic rings. The first kappa shape index (κ1) is 14.1. The smallest absolute Gasteiger partial charge is 0.325 e. The molecule has 3 N–H and O–H groups in total. The van der Waals surface area contributed by atoms with Crippen molar-refractivity contribution in [3.63, 3.8) is 0 Å². The summed E-state index contributed by atoms with van der Waals surface area (Å²) in [7, 11) is 0. The third-order valence-corrected chi connectivity index (χ3v) is 3.12. The number of hydrogen-bond donors (Lipinski definition) is 3. The predicted octanol–water partition coefficient (Wildman–Crippen LogP) is 1.21. The minimum atomic E-state index is -0.640. The Morgan fingerprint density at radius 2 is 2.05 bits per heavy atom. The monoisotopic (exact) mass is 293 g/mol. The molecule has 20 heavy (non-hydrogen) atoms. The van der Waals surface area contributed by atoms with Crippen LogP contribution in [-0.2, 0) is 11.2 Å². The van der Waals surface area contributed by atoms with E-state index in [2.05, 4.69) is 10.3 Å². The van der Waals surface area contributed by atoms with E-state index in [0.717, 1.165) is 5.56 Å². The van der Waals surface area contributed by atoms with Gasteiger partial charge in [-0.25, -0.2) is 4.79 Å². The van der Waals surface area contributed by atoms with Crippen LogP contribution in [0.25, 0.3) is 0 Å². The fourth-order valence-corrected chi connectivity index (χ4v) is 1.90. The summed E-state index contributed by atoms with van der Waals surface area (Å²) < 4.78 is 0. The van der Waals surface area contributed by atoms with Crippen molar-refractivity contribution in [2.75, 3.05) is 5.32 Å². The second-order valence-electron chi connectivity index (χ2n) is 4.25. The van der Waals surface area contributed by atoms with E-state index in [4.69, 9.17) is 11.6 Å². The van der Waals surface area contributed by atoms with Crippen LogP contribution in [0.2, 0.25) is 5.02 Å². The predicted molar refractivity (Wildman–Crippen MR) is 76.2 cm³/mol. The van der Waals surface area contributed by atoms with Gasteiger partial charge in [0.25, 0.3) is 5.56 Å². The molecule has 7 heteroatoms. The summed E-state index contributed by atoms with van der Waals surface area (Å²) in [5.41, 5.74) is 0.405. The lowest BCUT2D eigenvalue weighted by atomic mass is 10.2. The van der Waals surface area contributed by atoms with E-state index < -0.39 is 11.2 Å². The highest BCUT2D eigenvalue weighted by atomic mass is 35.5. The molecule has 0 bridgehead atoms. The third-order valence-electron chi connectivity index (χ3n) is 2.71. The number of carbonyl (C=O) groups is 1. The molecular formula is C13H12ClN3O3. The number of halogens is 1. The summed E-state index contributed by atoms with van der Waals surface area (Å²) in [6.45, 7) is 1.78. The molecule has 0 spiro atoms. The largest absolute Gasteiger partial charge is 0.325 e. The van der Waals surface area contributed by atoms with Crippen LogP contribution in [-0.4, -0.2) is 15.9 Å². The minimum Gasteiger partial charge on any atom is -0.325 e. The van der Waals surface area contributed by atoms with Gasteiger partial charge in [0.05, 0.1) is 6.42 Å². The zero-order valence-corrected chi connectivity index (χ0v) is 11.4. The van der Waals surface area contributed by atoms with Crippen molar-refractivity contribution in [1.29, 1.82) is 0 Å². The standard InChI is InChI=1S/C13H12ClN3O3/c1-7-9(14)3-2-4-10(7)16-11(18)5-8-6-12(19)17-13(20)15-8/h2-4,6H,5H2,1H3,(H,16,18)(H2,15,17,19,20). The molecule has 0 saturated heterocycles. The Balaban J connectivity index is 2.15. The van der Waals surface area contributed by atoms with E-state index in [-0.39, 0.29) is 18.0 Å². The summed E-state index contributed by atoms with van der Waals surface area (Å²) in [6.07, 6.45) is -0.106. The number of rotatable bonds is 3. The van der Waals surface area contributed by atoms with E-state index >= 15 is 0 Å². The SMILES string of the molecule is Cc1c(Cl)cccc1NC(=O)Cc1cc(=O)[nH]c(=O)[nH]1. The zero-order valence-electron chi connectivity index (χ0n) is 10.6. The van der Waals surface area contributed by atoms with Gasteiger partial charge in [0.15, 0.2) is 0 Å². The average Bonchev–Trinajstić information content (AvgIpc) is 2.33. The van der Waals surface area contributed by atoms with Gasteiger partial charge in [-0.3, -0.25) is 14.6 Å². The molecular weight excluding hydrogens is 282 g/mol. The molecule has 104 valence electrons. The van der Waals surface area contributed by atoms with E-state index in [1.165, 1.54) is 6.07 Å². The molecule has 6 nitrogen and oxygen atoms in total. The van der Waals surface area contributed by atoms with Crippen molar-refractivity contribution in [2.45, 2.75) is 13.3 Å². The van der Waals surface area contributed by atoms with Gasteiger partial charge in [-0.2, -0.15) is 0 Å². The van der Waals surface area contributed by atoms with Gasteiger partial charge in [0, 0.05) is 22.5 Å². The second-order valence-corrected chi connectivity index (χ2v) is 4.66. The number of H-pyrrole nitrogens is 2. The summed E-state index contributed by atoms with van der Waals surface area (Å²) in [6, 6.07) is 6.34. The van der Waals surface area contributed by atoms with Gasteiger partial charge >= 0.3 is 5.69 Å². The summed E-state index contributed by atoms with van der Waals surface area (Å²) in [4.78, 5) is 38.5. The fourth-order valence-electron chi connectivity index (χ4n) is 1.72. The summed E-state index contributed by atoms with van der Waals surface area (Å²) >= 11 is 5.95. The highest BCUT2D eigenvalue weighted by Gasteiger charge is 2.08. The zero-order chi connectivity index (χ0) is 14.7. The number of aromatic amines is 2. The van der Waals surface area contributed by atoms with Crippen LogP contribution in [0.1, 0.15) is 11.3 Å². The van der Waals surface area contributed by atoms with Gasteiger partial charge in [-0.15, -0.1) is 0 Å². The molecule has 0 radical (unpaired) electrons. The molecule has 0 saturated carbocycles. The van der Waals surface area contributed by atoms with Crippen molar-refractivity contribution in [3.8, 4) is 0 Å². The van der Waals surface area contributed by atoms with Crippen LogP contribution in [0.3, 0.4) is 0 Å². The Morgan fingerprint density at radius 1 is 1.30 bits per heavy atom. The van der Waals surface area contributed by atoms with Gasteiger partial charge in [-0.05, 0) is 24.6 Å². The molecule has 2 rings (SSSR count). The normalized spacial score (nSPS) is 10.3. The third kappa shape index (κ3) is 3.36. The minimum absolute atomic E-state index is 0.106. The first-order chi connectivity index (χ1) is 9.45. The van der Waals surface area contributed by atoms with E-state index in [9.17, 15) is 14.4 Å². The second kappa shape index (κ2) is 5.75. The molecule has 1 heterocycles. The molecule has 0 unspecified atom stereocenters. The molecule has 0 fully saturated rings. The lowest BCUT2D eigenvalue weighted by molar-refractivity contribution is -0.115. The number of amides is 1. The Bertz CT molecular complexity index is 736. The lowest BCUT2D eigenvalue weighted by Crippen LogP contribution is -2.25. The first-order valence-corrected chi connectivity index (χ1v) is 6.21. The average molecular weight is 294 g/mol. The van der Waals surface area contributed by atoms with Crippen LogP contribution in [0.5, 0.6) is 0 Å². The number of benzene rings is 1. The molecule has 1 aromatic carbocycles. The summed E-state index contributed by atoms with van der Waals surface area (Å²) in [5.74, 6) is -0.350. The Morgan fingerprint density at radius 3 is 2.75 bits per heavy atom. The topological polar surface area (TPSA) is 94.8 Å². The van der Waals surface area contributed by atoms with Crippen molar-refractivity contribution in [3.05, 3.63) is 61.4 Å². The van der Waals surface area contributed by atoms with Crippen molar-refractivity contribution >= 4 is 23.2 Å². The molecule has 0 aliphatic heterocycles. The van der Waals surface area contributed by atoms with Crippen LogP contribution >= 0.6 is 11.6 Å². The molecule has 0 aliphatic rings. The van der Waals surface area contributed by atoms with E-state index in [1.807, 2.05) is 4.98 Å². The van der Waals surface area contributed by atoms with E-state index in [1.54, 1.807) is 25.1 Å². The first-order valence-electron chi connectivity index (χ1n) is 5.83. The maximum absolute atomic E-state index is 11.9. The van der Waals surface area contributed by atoms with Gasteiger partial charge in [-0.1, -0.05) is 17.7 Å². The van der Waals surface area contributed by atoms with Gasteiger partial charge < -0.3 is 10.3 Å². The Labute approximate surface area is 118 Å². The van der Waals surface area contributed by atoms with Crippen molar-refractivity contribution < 1.29 is 4.79 Å². The van der Waals surface area contributed by atoms with Gasteiger partial charge in [0.1, 0.15) is 0 Å². The lowest BCUT2D eigenvalue weighted by Gasteiger charge is -2.09. The highest BCUT2D eigenvalue weighted by molar-refractivity contribution is 6.31. The van der Waals surface area contributed by atoms with Crippen molar-refractivity contribution in [2.24, 2.45) is 0 Å².